The van der Waals surface area contributed by atoms with Gasteiger partial charge in [0.2, 0.25) is 0 Å². The zero-order valence-corrected chi connectivity index (χ0v) is 16.3. The highest BCUT2D eigenvalue weighted by Gasteiger charge is 2.32. The summed E-state index contributed by atoms with van der Waals surface area (Å²) in [6, 6.07) is 17.2. The number of hydrogen-bond acceptors (Lipinski definition) is 1. The molecule has 0 unspecified atom stereocenters. The molecular weight excluding hydrogens is 381 g/mol. The lowest BCUT2D eigenvalue weighted by Gasteiger charge is -2.37. The monoisotopic (exact) mass is 399 g/mol. The number of benzene rings is 2. The van der Waals surface area contributed by atoms with Crippen molar-refractivity contribution in [1.82, 2.24) is 9.47 Å². The summed E-state index contributed by atoms with van der Waals surface area (Å²) in [4.78, 5) is 14.9. The van der Waals surface area contributed by atoms with Gasteiger partial charge in [0.1, 0.15) is 0 Å². The van der Waals surface area contributed by atoms with Crippen molar-refractivity contribution in [3.05, 3.63) is 87.7 Å². The number of carbonyl (C=O) groups is 1. The van der Waals surface area contributed by atoms with E-state index in [1.54, 1.807) is 18.2 Å². The van der Waals surface area contributed by atoms with Crippen molar-refractivity contribution in [1.29, 1.82) is 0 Å². The molecule has 6 heteroatoms. The zero-order valence-electron chi connectivity index (χ0n) is 14.8. The normalized spacial score (nSPS) is 16.1. The molecule has 0 saturated carbocycles. The standard InChI is InChI=1S/C21H19Cl2N3O/c1-14-4-6-15(7-5-14)20-19-3-2-10-25(19)11-12-26(20)21(27)24-16-8-9-17(22)18(23)13-16/h2-10,13,20H,11-12H2,1H3,(H,24,27)/t20-/m1/s1. The molecule has 0 fully saturated rings. The molecule has 1 aromatic heterocycles. The van der Waals surface area contributed by atoms with Crippen LogP contribution in [0.2, 0.25) is 10.0 Å². The molecule has 2 aromatic carbocycles. The molecule has 27 heavy (non-hydrogen) atoms. The summed E-state index contributed by atoms with van der Waals surface area (Å²) in [5, 5.41) is 3.82. The molecule has 2 heterocycles. The highest BCUT2D eigenvalue weighted by Crippen LogP contribution is 2.33. The number of urea groups is 1. The summed E-state index contributed by atoms with van der Waals surface area (Å²) in [6.45, 7) is 3.44. The van der Waals surface area contributed by atoms with Gasteiger partial charge in [0.15, 0.2) is 0 Å². The van der Waals surface area contributed by atoms with E-state index in [9.17, 15) is 4.79 Å². The molecule has 1 aliphatic rings. The van der Waals surface area contributed by atoms with Gasteiger partial charge in [-0.2, -0.15) is 0 Å². The maximum atomic E-state index is 13.1. The lowest BCUT2D eigenvalue weighted by Crippen LogP contribution is -2.44. The third-order valence-electron chi connectivity index (χ3n) is 4.86. The van der Waals surface area contributed by atoms with Crippen LogP contribution < -0.4 is 5.32 Å². The van der Waals surface area contributed by atoms with Crippen molar-refractivity contribution < 1.29 is 4.79 Å². The quantitative estimate of drug-likeness (QED) is 0.585. The van der Waals surface area contributed by atoms with Gasteiger partial charge in [-0.15, -0.1) is 0 Å². The second kappa shape index (κ2) is 7.29. The molecule has 0 saturated heterocycles. The molecule has 0 radical (unpaired) electrons. The maximum absolute atomic E-state index is 13.1. The Labute approximate surface area is 168 Å². The first-order chi connectivity index (χ1) is 13.0. The van der Waals surface area contributed by atoms with Gasteiger partial charge >= 0.3 is 6.03 Å². The van der Waals surface area contributed by atoms with Crippen LogP contribution in [-0.4, -0.2) is 22.0 Å². The molecular formula is C21H19Cl2N3O. The number of amides is 2. The van der Waals surface area contributed by atoms with Crippen molar-refractivity contribution >= 4 is 34.9 Å². The van der Waals surface area contributed by atoms with Gasteiger partial charge in [-0.3, -0.25) is 0 Å². The number of aryl methyl sites for hydroxylation is 1. The predicted octanol–water partition coefficient (Wildman–Crippen LogP) is 5.74. The number of nitrogens with one attached hydrogen (secondary N) is 1. The summed E-state index contributed by atoms with van der Waals surface area (Å²) >= 11 is 12.0. The Bertz CT molecular complexity index is 981. The smallest absolute Gasteiger partial charge is 0.322 e. The number of hydrogen-bond donors (Lipinski definition) is 1. The minimum atomic E-state index is -0.161. The van der Waals surface area contributed by atoms with E-state index < -0.39 is 0 Å². The van der Waals surface area contributed by atoms with Crippen LogP contribution in [0.1, 0.15) is 22.9 Å². The second-order valence-corrected chi connectivity index (χ2v) is 7.51. The SMILES string of the molecule is Cc1ccc([C@@H]2c3cccn3CCN2C(=O)Nc2ccc(Cl)c(Cl)c2)cc1. The lowest BCUT2D eigenvalue weighted by atomic mass is 9.99. The summed E-state index contributed by atoms with van der Waals surface area (Å²) in [5.74, 6) is 0. The second-order valence-electron chi connectivity index (χ2n) is 6.69. The lowest BCUT2D eigenvalue weighted by molar-refractivity contribution is 0.182. The average molecular weight is 400 g/mol. The van der Waals surface area contributed by atoms with Gasteiger partial charge in [-0.25, -0.2) is 4.79 Å². The van der Waals surface area contributed by atoms with E-state index in [0.29, 0.717) is 22.3 Å². The maximum Gasteiger partial charge on any atom is 0.322 e. The van der Waals surface area contributed by atoms with E-state index in [1.165, 1.54) is 5.56 Å². The van der Waals surface area contributed by atoms with Gasteiger partial charge in [-0.1, -0.05) is 53.0 Å². The molecule has 0 spiro atoms. The van der Waals surface area contributed by atoms with Gasteiger partial charge in [0, 0.05) is 30.7 Å². The highest BCUT2D eigenvalue weighted by molar-refractivity contribution is 6.42. The molecule has 1 aliphatic heterocycles. The number of nitrogens with zero attached hydrogens (tertiary/aromatic N) is 2. The van der Waals surface area contributed by atoms with E-state index in [-0.39, 0.29) is 12.1 Å². The molecule has 1 N–H and O–H groups in total. The number of halogens is 2. The van der Waals surface area contributed by atoms with E-state index in [4.69, 9.17) is 23.2 Å². The third-order valence-corrected chi connectivity index (χ3v) is 5.60. The van der Waals surface area contributed by atoms with Crippen molar-refractivity contribution in [2.75, 3.05) is 11.9 Å². The van der Waals surface area contributed by atoms with Crippen LogP contribution in [0.15, 0.2) is 60.8 Å². The van der Waals surface area contributed by atoms with Crippen molar-refractivity contribution in [3.63, 3.8) is 0 Å². The van der Waals surface area contributed by atoms with Gasteiger partial charge in [0.05, 0.1) is 16.1 Å². The van der Waals surface area contributed by atoms with Crippen LogP contribution in [0.5, 0.6) is 0 Å². The average Bonchev–Trinajstić information content (AvgIpc) is 3.13. The summed E-state index contributed by atoms with van der Waals surface area (Å²) in [6.07, 6.45) is 2.06. The molecule has 4 rings (SSSR count). The molecule has 1 atom stereocenters. The molecule has 0 bridgehead atoms. The van der Waals surface area contributed by atoms with E-state index >= 15 is 0 Å². The van der Waals surface area contributed by atoms with Gasteiger partial charge in [-0.05, 0) is 42.8 Å². The Morgan fingerprint density at radius 3 is 2.56 bits per heavy atom. The van der Waals surface area contributed by atoms with Crippen molar-refractivity contribution in [2.24, 2.45) is 0 Å². The Balaban J connectivity index is 1.66. The fourth-order valence-corrected chi connectivity index (χ4v) is 3.77. The van der Waals surface area contributed by atoms with E-state index in [1.807, 2.05) is 11.0 Å². The highest BCUT2D eigenvalue weighted by atomic mass is 35.5. The van der Waals surface area contributed by atoms with Gasteiger partial charge < -0.3 is 14.8 Å². The van der Waals surface area contributed by atoms with Crippen LogP contribution in [0, 0.1) is 6.92 Å². The number of rotatable bonds is 2. The largest absolute Gasteiger partial charge is 0.348 e. The molecule has 138 valence electrons. The van der Waals surface area contributed by atoms with E-state index in [2.05, 4.69) is 53.3 Å². The fraction of sp³-hybridized carbons (Fsp3) is 0.190. The minimum absolute atomic E-state index is 0.142. The van der Waals surface area contributed by atoms with Gasteiger partial charge in [0.25, 0.3) is 0 Å². The Hall–Kier alpha value is -2.43. The molecule has 4 nitrogen and oxygen atoms in total. The summed E-state index contributed by atoms with van der Waals surface area (Å²) in [7, 11) is 0. The molecule has 3 aromatic rings. The fourth-order valence-electron chi connectivity index (χ4n) is 3.47. The first-order valence-corrected chi connectivity index (χ1v) is 9.53. The Morgan fingerprint density at radius 1 is 1.04 bits per heavy atom. The Morgan fingerprint density at radius 2 is 1.81 bits per heavy atom. The van der Waals surface area contributed by atoms with Crippen molar-refractivity contribution in [3.8, 4) is 0 Å². The number of carbonyl (C=O) groups excluding carboxylic acids is 1. The Kier molecular flexibility index (Phi) is 4.85. The summed E-state index contributed by atoms with van der Waals surface area (Å²) < 4.78 is 2.20. The first-order valence-electron chi connectivity index (χ1n) is 8.77. The van der Waals surface area contributed by atoms with Crippen LogP contribution in [0.3, 0.4) is 0 Å². The predicted molar refractivity (Wildman–Crippen MR) is 110 cm³/mol. The van der Waals surface area contributed by atoms with Crippen LogP contribution >= 0.6 is 23.2 Å². The topological polar surface area (TPSA) is 37.3 Å². The summed E-state index contributed by atoms with van der Waals surface area (Å²) in [5.41, 5.74) is 4.01. The number of fused-ring (bicyclic) bond motifs is 1. The number of aromatic nitrogens is 1. The first kappa shape index (κ1) is 18.0. The van der Waals surface area contributed by atoms with Crippen LogP contribution in [0.25, 0.3) is 0 Å². The van der Waals surface area contributed by atoms with Crippen molar-refractivity contribution in [2.45, 2.75) is 19.5 Å². The van der Waals surface area contributed by atoms with Crippen LogP contribution in [0.4, 0.5) is 10.5 Å². The van der Waals surface area contributed by atoms with E-state index in [0.717, 1.165) is 17.8 Å². The zero-order chi connectivity index (χ0) is 19.0. The number of anilines is 1. The van der Waals surface area contributed by atoms with Crippen LogP contribution in [-0.2, 0) is 6.54 Å². The molecule has 0 aliphatic carbocycles. The minimum Gasteiger partial charge on any atom is -0.348 e. The molecule has 2 amide bonds. The third kappa shape index (κ3) is 3.55.